The molecule has 2 heterocycles. The molecule has 2 aliphatic heterocycles. The highest BCUT2D eigenvalue weighted by molar-refractivity contribution is 5.99. The minimum Gasteiger partial charge on any atom is -0.384 e. The molecule has 0 atom stereocenters. The summed E-state index contributed by atoms with van der Waals surface area (Å²) in [6.07, 6.45) is -3.48. The van der Waals surface area contributed by atoms with E-state index < -0.39 is 12.1 Å². The minimum absolute atomic E-state index is 0.00254. The van der Waals surface area contributed by atoms with Crippen LogP contribution in [0.4, 0.5) is 24.5 Å². The second-order valence-corrected chi connectivity index (χ2v) is 6.32. The van der Waals surface area contributed by atoms with Gasteiger partial charge in [0.15, 0.2) is 0 Å². The number of hydrogen-bond acceptors (Lipinski definition) is 4. The number of carbonyl (C=O) groups is 1. The Bertz CT molecular complexity index is 1000. The molecule has 4 rings (SSSR count). The molecule has 0 bridgehead atoms. The molecule has 1 amide bonds. The summed E-state index contributed by atoms with van der Waals surface area (Å²) in [5.41, 5.74) is 4.43. The van der Waals surface area contributed by atoms with Crippen molar-refractivity contribution >= 4 is 17.3 Å². The summed E-state index contributed by atoms with van der Waals surface area (Å²) in [7, 11) is 0. The molecule has 0 spiro atoms. The summed E-state index contributed by atoms with van der Waals surface area (Å²) in [6.45, 7) is 1.01. The fourth-order valence-corrected chi connectivity index (χ4v) is 3.21. The lowest BCUT2D eigenvalue weighted by atomic mass is 10.1. The SMILES string of the molecule is N#Cc1ccc2c(c1)CCN2.N#Cc1ccc2c(c1)CCN2C(=O)C(F)(F)F. The highest BCUT2D eigenvalue weighted by Crippen LogP contribution is 2.32. The van der Waals surface area contributed by atoms with Gasteiger partial charge in [-0.1, -0.05) is 0 Å². The Balaban J connectivity index is 0.000000176. The topological polar surface area (TPSA) is 79.9 Å². The molecule has 0 radical (unpaired) electrons. The van der Waals surface area contributed by atoms with Gasteiger partial charge in [-0.3, -0.25) is 4.79 Å². The highest BCUT2D eigenvalue weighted by atomic mass is 19.4. The Morgan fingerprint density at radius 2 is 1.64 bits per heavy atom. The van der Waals surface area contributed by atoms with E-state index in [4.69, 9.17) is 10.5 Å². The van der Waals surface area contributed by atoms with Crippen LogP contribution in [-0.4, -0.2) is 25.2 Å². The van der Waals surface area contributed by atoms with Crippen molar-refractivity contribution in [3.63, 3.8) is 0 Å². The van der Waals surface area contributed by atoms with Gasteiger partial charge in [-0.2, -0.15) is 23.7 Å². The third kappa shape index (κ3) is 3.91. The first kappa shape index (κ1) is 19.2. The van der Waals surface area contributed by atoms with Gasteiger partial charge in [-0.25, -0.2) is 0 Å². The van der Waals surface area contributed by atoms with Crippen molar-refractivity contribution in [2.24, 2.45) is 0 Å². The van der Waals surface area contributed by atoms with Crippen molar-refractivity contribution in [3.05, 3.63) is 58.7 Å². The number of rotatable bonds is 0. The molecule has 2 aromatic carbocycles. The average Bonchev–Trinajstić information content (AvgIpc) is 3.32. The monoisotopic (exact) mass is 384 g/mol. The summed E-state index contributed by atoms with van der Waals surface area (Å²) >= 11 is 0. The van der Waals surface area contributed by atoms with Crippen molar-refractivity contribution in [2.75, 3.05) is 23.3 Å². The van der Waals surface area contributed by atoms with Crippen LogP contribution in [0.1, 0.15) is 22.3 Å². The number of halogens is 3. The Morgan fingerprint density at radius 3 is 2.29 bits per heavy atom. The van der Waals surface area contributed by atoms with Gasteiger partial charge < -0.3 is 10.2 Å². The van der Waals surface area contributed by atoms with Crippen LogP contribution in [-0.2, 0) is 17.6 Å². The maximum atomic E-state index is 12.3. The molecule has 0 aromatic heterocycles. The summed E-state index contributed by atoms with van der Waals surface area (Å²) < 4.78 is 36.9. The molecule has 8 heteroatoms. The van der Waals surface area contributed by atoms with Gasteiger partial charge >= 0.3 is 12.1 Å². The first-order chi connectivity index (χ1) is 13.3. The molecule has 0 saturated heterocycles. The Labute approximate surface area is 159 Å². The van der Waals surface area contributed by atoms with Crippen LogP contribution in [0.2, 0.25) is 0 Å². The van der Waals surface area contributed by atoms with E-state index in [0.717, 1.165) is 18.5 Å². The Kier molecular flexibility index (Phi) is 5.23. The van der Waals surface area contributed by atoms with Crippen LogP contribution >= 0.6 is 0 Å². The predicted octanol–water partition coefficient (Wildman–Crippen LogP) is 3.54. The standard InChI is InChI=1S/C11H7F3N2O.C9H8N2/c12-11(13,14)10(17)16-4-3-8-5-7(6-15)1-2-9(8)16;10-6-7-1-2-9-8(5-7)3-4-11-9/h1-2,5H,3-4H2;1-2,5,11H,3-4H2. The normalized spacial score (nSPS) is 14.0. The van der Waals surface area contributed by atoms with E-state index in [2.05, 4.69) is 11.4 Å². The second kappa shape index (κ2) is 7.61. The van der Waals surface area contributed by atoms with Crippen molar-refractivity contribution in [2.45, 2.75) is 19.0 Å². The van der Waals surface area contributed by atoms with Gasteiger partial charge in [0, 0.05) is 24.5 Å². The number of amides is 1. The van der Waals surface area contributed by atoms with Gasteiger partial charge in [0.1, 0.15) is 0 Å². The first-order valence-electron chi connectivity index (χ1n) is 8.52. The molecule has 0 fully saturated rings. The smallest absolute Gasteiger partial charge is 0.384 e. The van der Waals surface area contributed by atoms with Crippen molar-refractivity contribution in [1.82, 2.24) is 0 Å². The molecule has 142 valence electrons. The molecule has 5 nitrogen and oxygen atoms in total. The zero-order valence-corrected chi connectivity index (χ0v) is 14.7. The van der Waals surface area contributed by atoms with E-state index in [-0.39, 0.29) is 12.2 Å². The number of hydrogen-bond donors (Lipinski definition) is 1. The number of nitrogens with one attached hydrogen (secondary N) is 1. The van der Waals surface area contributed by atoms with Gasteiger partial charge in [0.25, 0.3) is 0 Å². The Morgan fingerprint density at radius 1 is 1.00 bits per heavy atom. The number of carbonyl (C=O) groups excluding carboxylic acids is 1. The highest BCUT2D eigenvalue weighted by Gasteiger charge is 2.44. The summed E-state index contributed by atoms with van der Waals surface area (Å²) in [6, 6.07) is 14.1. The summed E-state index contributed by atoms with van der Waals surface area (Å²) in [5.74, 6) is -1.86. The number of fused-ring (bicyclic) bond motifs is 2. The van der Waals surface area contributed by atoms with Gasteiger partial charge in [0.05, 0.1) is 23.3 Å². The number of benzene rings is 2. The molecule has 28 heavy (non-hydrogen) atoms. The number of nitriles is 2. The zero-order chi connectivity index (χ0) is 20.3. The van der Waals surface area contributed by atoms with Crippen LogP contribution < -0.4 is 10.2 Å². The fraction of sp³-hybridized carbons (Fsp3) is 0.250. The van der Waals surface area contributed by atoms with Gasteiger partial charge in [0.2, 0.25) is 0 Å². The van der Waals surface area contributed by atoms with E-state index in [0.29, 0.717) is 22.4 Å². The average molecular weight is 384 g/mol. The third-order valence-electron chi connectivity index (χ3n) is 4.54. The lowest BCUT2D eigenvalue weighted by Gasteiger charge is -2.18. The fourth-order valence-electron chi connectivity index (χ4n) is 3.21. The van der Waals surface area contributed by atoms with Gasteiger partial charge in [-0.05, 0) is 60.4 Å². The zero-order valence-electron chi connectivity index (χ0n) is 14.7. The number of anilines is 2. The first-order valence-corrected chi connectivity index (χ1v) is 8.52. The third-order valence-corrected chi connectivity index (χ3v) is 4.54. The van der Waals surface area contributed by atoms with Crippen molar-refractivity contribution in [3.8, 4) is 12.1 Å². The van der Waals surface area contributed by atoms with Crippen LogP contribution in [0, 0.1) is 22.7 Å². The van der Waals surface area contributed by atoms with Crippen LogP contribution in [0.15, 0.2) is 36.4 Å². The maximum absolute atomic E-state index is 12.3. The Hall–Kier alpha value is -3.52. The molecular formula is C20H15F3N4O. The second-order valence-electron chi connectivity index (χ2n) is 6.32. The minimum atomic E-state index is -4.87. The van der Waals surface area contributed by atoms with E-state index >= 15 is 0 Å². The molecule has 2 aliphatic rings. The number of nitrogens with zero attached hydrogens (tertiary/aromatic N) is 3. The molecule has 0 saturated carbocycles. The van der Waals surface area contributed by atoms with Gasteiger partial charge in [-0.15, -0.1) is 0 Å². The predicted molar refractivity (Wildman–Crippen MR) is 96.6 cm³/mol. The van der Waals surface area contributed by atoms with Crippen LogP contribution in [0.25, 0.3) is 0 Å². The lowest BCUT2D eigenvalue weighted by Crippen LogP contribution is -2.40. The van der Waals surface area contributed by atoms with E-state index in [9.17, 15) is 18.0 Å². The summed E-state index contributed by atoms with van der Waals surface area (Å²) in [5, 5.41) is 20.5. The van der Waals surface area contributed by atoms with Crippen molar-refractivity contribution < 1.29 is 18.0 Å². The lowest BCUT2D eigenvalue weighted by molar-refractivity contribution is -0.170. The van der Waals surface area contributed by atoms with E-state index in [1.807, 2.05) is 24.3 Å². The summed E-state index contributed by atoms with van der Waals surface area (Å²) in [4.78, 5) is 11.8. The molecule has 1 N–H and O–H groups in total. The molecule has 0 unspecified atom stereocenters. The van der Waals surface area contributed by atoms with E-state index in [1.54, 1.807) is 0 Å². The van der Waals surface area contributed by atoms with Crippen LogP contribution in [0.5, 0.6) is 0 Å². The molecule has 2 aromatic rings. The van der Waals surface area contributed by atoms with E-state index in [1.165, 1.54) is 29.4 Å². The quantitative estimate of drug-likeness (QED) is 0.754. The maximum Gasteiger partial charge on any atom is 0.471 e. The molecule has 0 aliphatic carbocycles. The largest absolute Gasteiger partial charge is 0.471 e. The van der Waals surface area contributed by atoms with Crippen LogP contribution in [0.3, 0.4) is 0 Å². The molecular weight excluding hydrogens is 369 g/mol. The number of alkyl halides is 3. The van der Waals surface area contributed by atoms with Crippen molar-refractivity contribution in [1.29, 1.82) is 10.5 Å².